The lowest BCUT2D eigenvalue weighted by molar-refractivity contribution is -0.119. The summed E-state index contributed by atoms with van der Waals surface area (Å²) in [4.78, 5) is 31.2. The minimum atomic E-state index is -0.314. The molecule has 1 aliphatic heterocycles. The van der Waals surface area contributed by atoms with Crippen molar-refractivity contribution in [2.45, 2.75) is 63.1 Å². The minimum absolute atomic E-state index is 0.0604. The summed E-state index contributed by atoms with van der Waals surface area (Å²) in [6.45, 7) is 0.0604. The van der Waals surface area contributed by atoms with E-state index in [0.29, 0.717) is 0 Å². The van der Waals surface area contributed by atoms with Crippen LogP contribution in [0.5, 0.6) is 5.75 Å². The minimum Gasteiger partial charge on any atom is -0.497 e. The molecule has 2 heterocycles. The maximum atomic E-state index is 14.2. The number of rotatable bonds is 6. The molecule has 2 aromatic carbocycles. The number of nitrogens with one attached hydrogen (secondary N) is 1. The molecule has 3 aromatic rings. The predicted molar refractivity (Wildman–Crippen MR) is 143 cm³/mol. The van der Waals surface area contributed by atoms with Gasteiger partial charge in [-0.2, -0.15) is 0 Å². The molecule has 3 aliphatic rings. The monoisotopic (exact) mass is 498 g/mol. The summed E-state index contributed by atoms with van der Waals surface area (Å²) in [5.74, 6) is 0.693. The van der Waals surface area contributed by atoms with Crippen LogP contribution in [-0.2, 0) is 4.79 Å². The molecule has 0 radical (unpaired) electrons. The number of aromatic nitrogens is 1. The molecular formula is C30H34N4O3. The van der Waals surface area contributed by atoms with Crippen LogP contribution in [0.3, 0.4) is 0 Å². The first-order valence-electron chi connectivity index (χ1n) is 13.4. The number of urea groups is 1. The number of anilines is 1. The zero-order valence-corrected chi connectivity index (χ0v) is 21.3. The normalized spacial score (nSPS) is 19.1. The van der Waals surface area contributed by atoms with Crippen LogP contribution < -0.4 is 15.0 Å². The van der Waals surface area contributed by atoms with Crippen molar-refractivity contribution in [3.05, 3.63) is 78.1 Å². The van der Waals surface area contributed by atoms with Gasteiger partial charge in [0.15, 0.2) is 0 Å². The Morgan fingerprint density at radius 1 is 0.919 bits per heavy atom. The zero-order valence-electron chi connectivity index (χ0n) is 21.3. The maximum Gasteiger partial charge on any atom is 0.318 e. The van der Waals surface area contributed by atoms with Gasteiger partial charge < -0.3 is 19.5 Å². The lowest BCUT2D eigenvalue weighted by Gasteiger charge is -2.39. The number of carbonyl (C=O) groups excluding carboxylic acids is 2. The Hall–Kier alpha value is -3.74. The van der Waals surface area contributed by atoms with E-state index in [0.717, 1.165) is 66.9 Å². The number of hydrogen-bond acceptors (Lipinski definition) is 3. The van der Waals surface area contributed by atoms with Gasteiger partial charge in [0.25, 0.3) is 0 Å². The van der Waals surface area contributed by atoms with Crippen molar-refractivity contribution in [3.63, 3.8) is 0 Å². The number of para-hydroxylation sites is 2. The quantitative estimate of drug-likeness (QED) is 0.493. The molecule has 0 spiro atoms. The van der Waals surface area contributed by atoms with Crippen molar-refractivity contribution in [2.75, 3.05) is 18.6 Å². The Balaban J connectivity index is 1.33. The van der Waals surface area contributed by atoms with Gasteiger partial charge in [-0.1, -0.05) is 43.5 Å². The van der Waals surface area contributed by atoms with Gasteiger partial charge in [-0.25, -0.2) is 4.79 Å². The third-order valence-corrected chi connectivity index (χ3v) is 7.91. The van der Waals surface area contributed by atoms with Crippen LogP contribution in [0.2, 0.25) is 0 Å². The molecule has 0 bridgehead atoms. The summed E-state index contributed by atoms with van der Waals surface area (Å²) in [6.07, 6.45) is 9.53. The Bertz CT molecular complexity index is 1270. The van der Waals surface area contributed by atoms with E-state index < -0.39 is 0 Å². The second kappa shape index (κ2) is 9.96. The highest BCUT2D eigenvalue weighted by atomic mass is 16.5. The van der Waals surface area contributed by atoms with Crippen LogP contribution >= 0.6 is 0 Å². The molecule has 1 aromatic heterocycles. The van der Waals surface area contributed by atoms with E-state index in [-0.39, 0.29) is 36.6 Å². The highest BCUT2D eigenvalue weighted by Crippen LogP contribution is 2.43. The van der Waals surface area contributed by atoms with Gasteiger partial charge >= 0.3 is 6.03 Å². The lowest BCUT2D eigenvalue weighted by atomic mass is 9.96. The molecule has 37 heavy (non-hydrogen) atoms. The summed E-state index contributed by atoms with van der Waals surface area (Å²) in [7, 11) is 1.65. The Labute approximate surface area is 218 Å². The van der Waals surface area contributed by atoms with Gasteiger partial charge in [-0.3, -0.25) is 9.69 Å². The summed E-state index contributed by atoms with van der Waals surface area (Å²) in [5.41, 5.74) is 3.82. The fourth-order valence-corrected chi connectivity index (χ4v) is 5.84. The molecule has 1 atom stereocenters. The van der Waals surface area contributed by atoms with E-state index in [9.17, 15) is 9.59 Å². The molecule has 0 saturated heterocycles. The largest absolute Gasteiger partial charge is 0.497 e. The van der Waals surface area contributed by atoms with Crippen LogP contribution in [0.1, 0.15) is 62.2 Å². The molecule has 7 nitrogen and oxygen atoms in total. The maximum absolute atomic E-state index is 14.2. The summed E-state index contributed by atoms with van der Waals surface area (Å²) in [5, 5.41) is 3.23. The molecular weight excluding hydrogens is 464 g/mol. The average Bonchev–Trinajstić information content (AvgIpc) is 3.66. The smallest absolute Gasteiger partial charge is 0.318 e. The van der Waals surface area contributed by atoms with E-state index in [1.54, 1.807) is 12.0 Å². The third-order valence-electron chi connectivity index (χ3n) is 7.91. The first kappa shape index (κ1) is 23.6. The Morgan fingerprint density at radius 2 is 1.65 bits per heavy atom. The van der Waals surface area contributed by atoms with E-state index in [1.165, 1.54) is 6.42 Å². The second-order valence-electron chi connectivity index (χ2n) is 10.4. The van der Waals surface area contributed by atoms with Crippen molar-refractivity contribution >= 4 is 17.6 Å². The molecule has 2 saturated carbocycles. The molecule has 3 amide bonds. The van der Waals surface area contributed by atoms with Gasteiger partial charge in [0.05, 0.1) is 24.2 Å². The average molecular weight is 499 g/mol. The van der Waals surface area contributed by atoms with Crippen LogP contribution in [0.25, 0.3) is 5.69 Å². The number of amides is 3. The van der Waals surface area contributed by atoms with Crippen LogP contribution in [0.4, 0.5) is 10.5 Å². The van der Waals surface area contributed by atoms with Gasteiger partial charge in [-0.05, 0) is 67.6 Å². The van der Waals surface area contributed by atoms with Crippen molar-refractivity contribution in [1.29, 1.82) is 0 Å². The fraction of sp³-hybridized carbons (Fsp3) is 0.400. The summed E-state index contributed by atoms with van der Waals surface area (Å²) in [6, 6.07) is 19.9. The predicted octanol–water partition coefficient (Wildman–Crippen LogP) is 5.43. The lowest BCUT2D eigenvalue weighted by Crippen LogP contribution is -2.51. The number of hydrogen-bond donors (Lipinski definition) is 1. The van der Waals surface area contributed by atoms with Crippen molar-refractivity contribution in [3.8, 4) is 11.4 Å². The Morgan fingerprint density at radius 3 is 2.35 bits per heavy atom. The first-order valence-corrected chi connectivity index (χ1v) is 13.4. The number of nitrogens with zero attached hydrogens (tertiary/aromatic N) is 3. The van der Waals surface area contributed by atoms with Crippen LogP contribution in [0.15, 0.2) is 66.9 Å². The Kier molecular flexibility index (Phi) is 6.37. The number of carbonyl (C=O) groups is 2. The summed E-state index contributed by atoms with van der Waals surface area (Å²) >= 11 is 0. The van der Waals surface area contributed by atoms with Crippen LogP contribution in [-0.4, -0.2) is 47.1 Å². The molecule has 1 unspecified atom stereocenters. The summed E-state index contributed by atoms with van der Waals surface area (Å²) < 4.78 is 7.53. The molecule has 2 fully saturated rings. The number of benzene rings is 2. The highest BCUT2D eigenvalue weighted by molar-refractivity contribution is 6.00. The SMILES string of the molecule is COc1ccc(C2c3cccn3-c3ccccc3N2C(=O)CN(C(=O)NC2CCCCC2)C2CC2)cc1. The van der Waals surface area contributed by atoms with Gasteiger partial charge in [0, 0.05) is 18.3 Å². The fourth-order valence-electron chi connectivity index (χ4n) is 5.84. The number of ether oxygens (including phenoxy) is 1. The third kappa shape index (κ3) is 4.59. The van der Waals surface area contributed by atoms with E-state index >= 15 is 0 Å². The molecule has 6 rings (SSSR count). The first-order chi connectivity index (χ1) is 18.1. The van der Waals surface area contributed by atoms with Crippen LogP contribution in [0, 0.1) is 0 Å². The standard InChI is InChI=1S/C30H34N4O3/c1-37-24-17-13-21(14-18-24)29-27-12-7-19-32(27)25-10-5-6-11-26(25)34(29)28(35)20-33(23-15-16-23)30(36)31-22-8-3-2-4-9-22/h5-7,10-14,17-19,22-23,29H,2-4,8-9,15-16,20H2,1H3,(H,31,36). The zero-order chi connectivity index (χ0) is 25.4. The van der Waals surface area contributed by atoms with Crippen molar-refractivity contribution in [2.24, 2.45) is 0 Å². The number of methoxy groups -OCH3 is 1. The van der Waals surface area contributed by atoms with Gasteiger partial charge in [-0.15, -0.1) is 0 Å². The van der Waals surface area contributed by atoms with Crippen molar-refractivity contribution < 1.29 is 14.3 Å². The van der Waals surface area contributed by atoms with Gasteiger partial charge in [0.1, 0.15) is 18.3 Å². The highest BCUT2D eigenvalue weighted by Gasteiger charge is 2.40. The number of fused-ring (bicyclic) bond motifs is 3. The molecule has 192 valence electrons. The van der Waals surface area contributed by atoms with Crippen molar-refractivity contribution in [1.82, 2.24) is 14.8 Å². The second-order valence-corrected chi connectivity index (χ2v) is 10.4. The van der Waals surface area contributed by atoms with E-state index in [2.05, 4.69) is 16.0 Å². The molecule has 7 heteroatoms. The topological polar surface area (TPSA) is 66.8 Å². The molecule has 2 aliphatic carbocycles. The van der Waals surface area contributed by atoms with Gasteiger partial charge in [0.2, 0.25) is 5.91 Å². The molecule has 1 N–H and O–H groups in total. The van der Waals surface area contributed by atoms with E-state index in [1.807, 2.05) is 65.7 Å². The van der Waals surface area contributed by atoms with E-state index in [4.69, 9.17) is 4.74 Å².